The molecule has 0 bridgehead atoms. The zero-order valence-corrected chi connectivity index (χ0v) is 11.1. The first-order valence-electron chi connectivity index (χ1n) is 6.42. The van der Waals surface area contributed by atoms with Gasteiger partial charge in [0.2, 0.25) is 0 Å². The van der Waals surface area contributed by atoms with E-state index in [-0.39, 0.29) is 6.03 Å². The number of urea groups is 1. The van der Waals surface area contributed by atoms with Gasteiger partial charge in [-0.3, -0.25) is 0 Å². The van der Waals surface area contributed by atoms with Crippen LogP contribution in [0.4, 0.5) is 4.79 Å². The number of rotatable bonds is 5. The van der Waals surface area contributed by atoms with Crippen LogP contribution in [0.15, 0.2) is 0 Å². The summed E-state index contributed by atoms with van der Waals surface area (Å²) >= 11 is 0. The smallest absolute Gasteiger partial charge is 0.317 e. The Labute approximate surface area is 103 Å². The summed E-state index contributed by atoms with van der Waals surface area (Å²) < 4.78 is 11.1. The van der Waals surface area contributed by atoms with Crippen molar-refractivity contribution in [3.05, 3.63) is 0 Å². The van der Waals surface area contributed by atoms with E-state index < -0.39 is 5.79 Å². The molecule has 1 aliphatic heterocycles. The number of amides is 2. The van der Waals surface area contributed by atoms with Crippen LogP contribution in [0.2, 0.25) is 0 Å². The molecule has 17 heavy (non-hydrogen) atoms. The second-order valence-electron chi connectivity index (χ2n) is 4.34. The van der Waals surface area contributed by atoms with Crippen LogP contribution in [-0.4, -0.2) is 49.6 Å². The lowest BCUT2D eigenvalue weighted by Gasteiger charge is -2.34. The SMILES string of the molecule is CCN(CC)C(=O)NCCC1(C)OCCCO1. The van der Waals surface area contributed by atoms with E-state index in [1.165, 1.54) is 0 Å². The third-order valence-electron chi connectivity index (χ3n) is 3.01. The normalized spacial score (nSPS) is 18.8. The van der Waals surface area contributed by atoms with Crippen molar-refractivity contribution in [1.82, 2.24) is 10.2 Å². The lowest BCUT2D eigenvalue weighted by atomic mass is 10.2. The van der Waals surface area contributed by atoms with Crippen LogP contribution in [0.1, 0.15) is 33.6 Å². The summed E-state index contributed by atoms with van der Waals surface area (Å²) in [5.74, 6) is -0.533. The number of hydrogen-bond donors (Lipinski definition) is 1. The van der Waals surface area contributed by atoms with Crippen molar-refractivity contribution in [1.29, 1.82) is 0 Å². The zero-order valence-electron chi connectivity index (χ0n) is 11.1. The van der Waals surface area contributed by atoms with Gasteiger partial charge in [-0.15, -0.1) is 0 Å². The summed E-state index contributed by atoms with van der Waals surface area (Å²) in [6.45, 7) is 9.37. The highest BCUT2D eigenvalue weighted by molar-refractivity contribution is 5.73. The third kappa shape index (κ3) is 4.52. The molecule has 0 saturated carbocycles. The van der Waals surface area contributed by atoms with E-state index in [1.807, 2.05) is 20.8 Å². The number of hydrogen-bond acceptors (Lipinski definition) is 3. The van der Waals surface area contributed by atoms with E-state index in [0.717, 1.165) is 32.7 Å². The Morgan fingerprint density at radius 2 is 1.88 bits per heavy atom. The summed E-state index contributed by atoms with van der Waals surface area (Å²) in [6.07, 6.45) is 1.63. The van der Waals surface area contributed by atoms with E-state index >= 15 is 0 Å². The second kappa shape index (κ2) is 6.81. The highest BCUT2D eigenvalue weighted by atomic mass is 16.7. The molecule has 0 aliphatic carbocycles. The molecule has 1 N–H and O–H groups in total. The van der Waals surface area contributed by atoms with Crippen LogP contribution in [0.5, 0.6) is 0 Å². The summed E-state index contributed by atoms with van der Waals surface area (Å²) in [7, 11) is 0. The molecule has 5 heteroatoms. The van der Waals surface area contributed by atoms with Crippen LogP contribution in [0.3, 0.4) is 0 Å². The Hall–Kier alpha value is -0.810. The molecule has 2 amide bonds. The van der Waals surface area contributed by atoms with Crippen LogP contribution in [-0.2, 0) is 9.47 Å². The first kappa shape index (κ1) is 14.3. The monoisotopic (exact) mass is 244 g/mol. The molecule has 1 heterocycles. The molecule has 0 radical (unpaired) electrons. The van der Waals surface area contributed by atoms with Gasteiger partial charge >= 0.3 is 6.03 Å². The highest BCUT2D eigenvalue weighted by Gasteiger charge is 2.28. The first-order valence-corrected chi connectivity index (χ1v) is 6.42. The Kier molecular flexibility index (Phi) is 5.71. The Morgan fingerprint density at radius 1 is 1.29 bits per heavy atom. The van der Waals surface area contributed by atoms with Crippen molar-refractivity contribution in [3.8, 4) is 0 Å². The van der Waals surface area contributed by atoms with Gasteiger partial charge in [-0.1, -0.05) is 0 Å². The van der Waals surface area contributed by atoms with Gasteiger partial charge in [0, 0.05) is 26.1 Å². The van der Waals surface area contributed by atoms with E-state index in [0.29, 0.717) is 13.0 Å². The molecule has 1 fully saturated rings. The molecule has 100 valence electrons. The van der Waals surface area contributed by atoms with Crippen molar-refractivity contribution in [2.75, 3.05) is 32.8 Å². The van der Waals surface area contributed by atoms with Crippen molar-refractivity contribution < 1.29 is 14.3 Å². The molecule has 1 rings (SSSR count). The standard InChI is InChI=1S/C12H24N2O3/c1-4-14(5-2)11(15)13-8-7-12(3)16-9-6-10-17-12/h4-10H2,1-3H3,(H,13,15). The minimum absolute atomic E-state index is 0.0191. The molecular formula is C12H24N2O3. The van der Waals surface area contributed by atoms with E-state index in [1.54, 1.807) is 4.90 Å². The number of nitrogens with one attached hydrogen (secondary N) is 1. The maximum atomic E-state index is 11.7. The molecule has 0 atom stereocenters. The fourth-order valence-electron chi connectivity index (χ4n) is 1.84. The average Bonchev–Trinajstić information content (AvgIpc) is 2.31. The van der Waals surface area contributed by atoms with Gasteiger partial charge in [-0.25, -0.2) is 4.79 Å². The Morgan fingerprint density at radius 3 is 2.41 bits per heavy atom. The number of nitrogens with zero attached hydrogens (tertiary/aromatic N) is 1. The summed E-state index contributed by atoms with van der Waals surface area (Å²) in [5, 5.41) is 2.88. The number of ether oxygens (including phenoxy) is 2. The highest BCUT2D eigenvalue weighted by Crippen LogP contribution is 2.21. The van der Waals surface area contributed by atoms with Crippen LogP contribution in [0, 0.1) is 0 Å². The minimum atomic E-state index is -0.533. The van der Waals surface area contributed by atoms with E-state index in [9.17, 15) is 4.79 Å². The zero-order chi connectivity index (χ0) is 12.7. The lowest BCUT2D eigenvalue weighted by Crippen LogP contribution is -2.44. The molecule has 1 aliphatic rings. The van der Waals surface area contributed by atoms with Crippen molar-refractivity contribution >= 4 is 6.03 Å². The van der Waals surface area contributed by atoms with Crippen LogP contribution >= 0.6 is 0 Å². The summed E-state index contributed by atoms with van der Waals surface area (Å²) in [4.78, 5) is 13.4. The van der Waals surface area contributed by atoms with Gasteiger partial charge in [-0.05, 0) is 27.2 Å². The van der Waals surface area contributed by atoms with Gasteiger partial charge in [0.1, 0.15) is 0 Å². The Bertz CT molecular complexity index is 236. The fraction of sp³-hybridized carbons (Fsp3) is 0.917. The molecule has 0 aromatic heterocycles. The van der Waals surface area contributed by atoms with Crippen molar-refractivity contribution in [2.45, 2.75) is 39.4 Å². The van der Waals surface area contributed by atoms with Gasteiger partial charge in [0.25, 0.3) is 0 Å². The molecule has 1 saturated heterocycles. The van der Waals surface area contributed by atoms with Gasteiger partial charge in [0.05, 0.1) is 13.2 Å². The largest absolute Gasteiger partial charge is 0.350 e. The van der Waals surface area contributed by atoms with Gasteiger partial charge in [0.15, 0.2) is 5.79 Å². The van der Waals surface area contributed by atoms with Gasteiger partial charge < -0.3 is 19.7 Å². The van der Waals surface area contributed by atoms with Crippen molar-refractivity contribution in [3.63, 3.8) is 0 Å². The topological polar surface area (TPSA) is 50.8 Å². The average molecular weight is 244 g/mol. The summed E-state index contributed by atoms with van der Waals surface area (Å²) in [5.41, 5.74) is 0. The van der Waals surface area contributed by atoms with E-state index in [2.05, 4.69) is 5.32 Å². The van der Waals surface area contributed by atoms with Gasteiger partial charge in [-0.2, -0.15) is 0 Å². The number of carbonyl (C=O) groups is 1. The lowest BCUT2D eigenvalue weighted by molar-refractivity contribution is -0.257. The number of carbonyl (C=O) groups excluding carboxylic acids is 1. The predicted octanol–water partition coefficient (Wildman–Crippen LogP) is 1.58. The van der Waals surface area contributed by atoms with Crippen molar-refractivity contribution in [2.24, 2.45) is 0 Å². The maximum absolute atomic E-state index is 11.7. The second-order valence-corrected chi connectivity index (χ2v) is 4.34. The first-order chi connectivity index (χ1) is 8.11. The molecule has 0 aromatic rings. The quantitative estimate of drug-likeness (QED) is 0.799. The predicted molar refractivity (Wildman–Crippen MR) is 65.9 cm³/mol. The molecule has 0 aromatic carbocycles. The maximum Gasteiger partial charge on any atom is 0.317 e. The van der Waals surface area contributed by atoms with E-state index in [4.69, 9.17) is 9.47 Å². The summed E-state index contributed by atoms with van der Waals surface area (Å²) in [6, 6.07) is -0.0191. The van der Waals surface area contributed by atoms with Crippen LogP contribution in [0.25, 0.3) is 0 Å². The third-order valence-corrected chi connectivity index (χ3v) is 3.01. The molecule has 0 unspecified atom stereocenters. The molecule has 0 spiro atoms. The molecule has 5 nitrogen and oxygen atoms in total. The minimum Gasteiger partial charge on any atom is -0.350 e. The Balaban J connectivity index is 2.24. The molecular weight excluding hydrogens is 220 g/mol. The van der Waals surface area contributed by atoms with Crippen LogP contribution < -0.4 is 5.32 Å². The fourth-order valence-corrected chi connectivity index (χ4v) is 1.84.